The highest BCUT2D eigenvalue weighted by Crippen LogP contribution is 2.27. The van der Waals surface area contributed by atoms with Crippen LogP contribution in [0.1, 0.15) is 18.9 Å². The van der Waals surface area contributed by atoms with Gasteiger partial charge in [0.1, 0.15) is 17.5 Å². The summed E-state index contributed by atoms with van der Waals surface area (Å²) in [5, 5.41) is 6.29. The van der Waals surface area contributed by atoms with Crippen LogP contribution in [0.5, 0.6) is 0 Å². The first-order valence-electron chi connectivity index (χ1n) is 6.60. The summed E-state index contributed by atoms with van der Waals surface area (Å²) in [5.41, 5.74) is 7.23. The number of aromatic nitrogens is 2. The van der Waals surface area contributed by atoms with Crippen molar-refractivity contribution >= 4 is 39.2 Å². The summed E-state index contributed by atoms with van der Waals surface area (Å²) in [6.45, 7) is 4.69. The SMILES string of the molecule is CCCNc1cc(Nc2cc(Br)c(F)cc2C)nc(N)n1. The van der Waals surface area contributed by atoms with Gasteiger partial charge in [-0.1, -0.05) is 6.92 Å². The standard InChI is InChI=1S/C14H17BrFN5/c1-3-4-18-12-7-13(21-14(17)20-12)19-11-6-9(15)10(16)5-8(11)2/h5-7H,3-4H2,1-2H3,(H4,17,18,19,20,21). The van der Waals surface area contributed by atoms with Crippen LogP contribution in [0.3, 0.4) is 0 Å². The lowest BCUT2D eigenvalue weighted by atomic mass is 10.2. The van der Waals surface area contributed by atoms with E-state index in [1.54, 1.807) is 12.1 Å². The molecule has 0 aliphatic rings. The zero-order chi connectivity index (χ0) is 15.4. The number of nitrogens with one attached hydrogen (secondary N) is 2. The third-order valence-corrected chi connectivity index (χ3v) is 3.44. The fraction of sp³-hybridized carbons (Fsp3) is 0.286. The van der Waals surface area contributed by atoms with Gasteiger partial charge in [-0.25, -0.2) is 4.39 Å². The fourth-order valence-electron chi connectivity index (χ4n) is 1.79. The van der Waals surface area contributed by atoms with E-state index in [0.717, 1.165) is 24.2 Å². The number of rotatable bonds is 5. The maximum atomic E-state index is 13.4. The molecule has 0 fully saturated rings. The Morgan fingerprint density at radius 1 is 1.24 bits per heavy atom. The van der Waals surface area contributed by atoms with E-state index in [2.05, 4.69) is 43.5 Å². The lowest BCUT2D eigenvalue weighted by Crippen LogP contribution is -2.07. The molecule has 0 spiro atoms. The summed E-state index contributed by atoms with van der Waals surface area (Å²) in [6, 6.07) is 4.89. The summed E-state index contributed by atoms with van der Waals surface area (Å²) in [6.07, 6.45) is 0.983. The molecule has 7 heteroatoms. The molecule has 0 amide bonds. The van der Waals surface area contributed by atoms with E-state index in [-0.39, 0.29) is 11.8 Å². The van der Waals surface area contributed by atoms with Crippen LogP contribution in [0.25, 0.3) is 0 Å². The van der Waals surface area contributed by atoms with Gasteiger partial charge in [0.15, 0.2) is 0 Å². The zero-order valence-electron chi connectivity index (χ0n) is 11.9. The van der Waals surface area contributed by atoms with Gasteiger partial charge >= 0.3 is 0 Å². The molecule has 0 atom stereocenters. The Morgan fingerprint density at radius 3 is 2.67 bits per heavy atom. The highest BCUT2D eigenvalue weighted by atomic mass is 79.9. The summed E-state index contributed by atoms with van der Waals surface area (Å²) in [7, 11) is 0. The Hall–Kier alpha value is -1.89. The highest BCUT2D eigenvalue weighted by molar-refractivity contribution is 9.10. The molecule has 1 heterocycles. The van der Waals surface area contributed by atoms with Gasteiger partial charge in [-0.3, -0.25) is 0 Å². The summed E-state index contributed by atoms with van der Waals surface area (Å²) in [5.74, 6) is 1.09. The van der Waals surface area contributed by atoms with Crippen LogP contribution in [-0.2, 0) is 0 Å². The molecule has 112 valence electrons. The van der Waals surface area contributed by atoms with Crippen molar-refractivity contribution in [3.8, 4) is 0 Å². The smallest absolute Gasteiger partial charge is 0.223 e. The van der Waals surface area contributed by atoms with Crippen LogP contribution < -0.4 is 16.4 Å². The minimum Gasteiger partial charge on any atom is -0.370 e. The van der Waals surface area contributed by atoms with Gasteiger partial charge in [0.2, 0.25) is 5.95 Å². The molecule has 2 aromatic rings. The fourth-order valence-corrected chi connectivity index (χ4v) is 2.14. The second-order valence-electron chi connectivity index (χ2n) is 4.63. The molecule has 0 saturated heterocycles. The lowest BCUT2D eigenvalue weighted by Gasteiger charge is -2.12. The second-order valence-corrected chi connectivity index (χ2v) is 5.48. The van der Waals surface area contributed by atoms with Crippen molar-refractivity contribution in [1.29, 1.82) is 0 Å². The topological polar surface area (TPSA) is 75.9 Å². The molecule has 2 rings (SSSR count). The van der Waals surface area contributed by atoms with E-state index in [0.29, 0.717) is 16.1 Å². The van der Waals surface area contributed by atoms with Crippen molar-refractivity contribution in [2.75, 3.05) is 22.9 Å². The van der Waals surface area contributed by atoms with E-state index in [1.165, 1.54) is 6.07 Å². The first kappa shape index (κ1) is 15.5. The molecule has 0 bridgehead atoms. The predicted molar refractivity (Wildman–Crippen MR) is 87.3 cm³/mol. The third-order valence-electron chi connectivity index (χ3n) is 2.83. The van der Waals surface area contributed by atoms with Crippen molar-refractivity contribution in [2.24, 2.45) is 0 Å². The number of benzene rings is 1. The minimum atomic E-state index is -0.300. The Labute approximate surface area is 131 Å². The molecule has 5 nitrogen and oxygen atoms in total. The average Bonchev–Trinajstić information content (AvgIpc) is 2.42. The first-order chi connectivity index (χ1) is 9.99. The number of anilines is 4. The monoisotopic (exact) mass is 353 g/mol. The average molecular weight is 354 g/mol. The quantitative estimate of drug-likeness (QED) is 0.761. The molecular formula is C14H17BrFN5. The van der Waals surface area contributed by atoms with Crippen molar-refractivity contribution in [3.63, 3.8) is 0 Å². The van der Waals surface area contributed by atoms with Gasteiger partial charge in [-0.05, 0) is 47.0 Å². The van der Waals surface area contributed by atoms with Crippen molar-refractivity contribution in [2.45, 2.75) is 20.3 Å². The Kier molecular flexibility index (Phi) is 4.95. The van der Waals surface area contributed by atoms with Crippen molar-refractivity contribution in [3.05, 3.63) is 34.1 Å². The van der Waals surface area contributed by atoms with E-state index in [1.807, 2.05) is 6.92 Å². The maximum Gasteiger partial charge on any atom is 0.223 e. The number of aryl methyl sites for hydroxylation is 1. The van der Waals surface area contributed by atoms with E-state index in [9.17, 15) is 4.39 Å². The largest absolute Gasteiger partial charge is 0.370 e. The Balaban J connectivity index is 2.27. The van der Waals surface area contributed by atoms with E-state index in [4.69, 9.17) is 5.73 Å². The van der Waals surface area contributed by atoms with Crippen molar-refractivity contribution in [1.82, 2.24) is 9.97 Å². The van der Waals surface area contributed by atoms with Crippen molar-refractivity contribution < 1.29 is 4.39 Å². The van der Waals surface area contributed by atoms with Gasteiger partial charge in [-0.15, -0.1) is 0 Å². The van der Waals surface area contributed by atoms with Crippen LogP contribution in [0.4, 0.5) is 27.7 Å². The molecule has 1 aromatic carbocycles. The molecule has 0 aliphatic carbocycles. The van der Waals surface area contributed by atoms with Crippen LogP contribution in [-0.4, -0.2) is 16.5 Å². The number of nitrogens with two attached hydrogens (primary N) is 1. The molecule has 1 aromatic heterocycles. The number of nitrogens with zero attached hydrogens (tertiary/aromatic N) is 2. The summed E-state index contributed by atoms with van der Waals surface area (Å²) in [4.78, 5) is 8.25. The third kappa shape index (κ3) is 4.04. The van der Waals surface area contributed by atoms with Crippen LogP contribution in [0.15, 0.2) is 22.7 Å². The molecule has 0 aliphatic heterocycles. The minimum absolute atomic E-state index is 0.178. The molecule has 0 saturated carbocycles. The molecule has 4 N–H and O–H groups in total. The van der Waals surface area contributed by atoms with Crippen LogP contribution in [0.2, 0.25) is 0 Å². The zero-order valence-corrected chi connectivity index (χ0v) is 13.5. The predicted octanol–water partition coefficient (Wildman–Crippen LogP) is 3.83. The number of halogens is 2. The number of hydrogen-bond donors (Lipinski definition) is 3. The number of hydrogen-bond acceptors (Lipinski definition) is 5. The van der Waals surface area contributed by atoms with Gasteiger partial charge in [0.05, 0.1) is 4.47 Å². The highest BCUT2D eigenvalue weighted by Gasteiger charge is 2.08. The van der Waals surface area contributed by atoms with Gasteiger partial charge < -0.3 is 16.4 Å². The Morgan fingerprint density at radius 2 is 1.95 bits per heavy atom. The van der Waals surface area contributed by atoms with Crippen LogP contribution >= 0.6 is 15.9 Å². The number of nitrogen functional groups attached to an aromatic ring is 1. The molecule has 0 unspecified atom stereocenters. The van der Waals surface area contributed by atoms with Gasteiger partial charge in [-0.2, -0.15) is 9.97 Å². The van der Waals surface area contributed by atoms with Gasteiger partial charge in [0, 0.05) is 18.3 Å². The molecule has 21 heavy (non-hydrogen) atoms. The maximum absolute atomic E-state index is 13.4. The van der Waals surface area contributed by atoms with Gasteiger partial charge in [0.25, 0.3) is 0 Å². The first-order valence-corrected chi connectivity index (χ1v) is 7.40. The second kappa shape index (κ2) is 6.71. The summed E-state index contributed by atoms with van der Waals surface area (Å²) < 4.78 is 13.8. The van der Waals surface area contributed by atoms with E-state index < -0.39 is 0 Å². The Bertz CT molecular complexity index is 648. The normalized spacial score (nSPS) is 10.5. The molecule has 0 radical (unpaired) electrons. The molecular weight excluding hydrogens is 337 g/mol. The van der Waals surface area contributed by atoms with E-state index >= 15 is 0 Å². The van der Waals surface area contributed by atoms with Crippen LogP contribution in [0, 0.1) is 12.7 Å². The summed E-state index contributed by atoms with van der Waals surface area (Å²) >= 11 is 3.17. The lowest BCUT2D eigenvalue weighted by molar-refractivity contribution is 0.620.